The van der Waals surface area contributed by atoms with Gasteiger partial charge in [0.15, 0.2) is 5.76 Å². The minimum absolute atomic E-state index is 0.111. The lowest BCUT2D eigenvalue weighted by molar-refractivity contribution is -0.122. The smallest absolute Gasteiger partial charge is 0.293 e. The van der Waals surface area contributed by atoms with Crippen molar-refractivity contribution in [3.05, 3.63) is 58.9 Å². The summed E-state index contributed by atoms with van der Waals surface area (Å²) in [5.74, 6) is -0.541. The van der Waals surface area contributed by atoms with Crippen LogP contribution in [-0.2, 0) is 4.79 Å². The van der Waals surface area contributed by atoms with E-state index in [1.165, 1.54) is 6.26 Å². The molecule has 2 aromatic rings. The number of carbonyl (C=O) groups is 3. The van der Waals surface area contributed by atoms with E-state index in [0.717, 1.165) is 27.1 Å². The van der Waals surface area contributed by atoms with Crippen LogP contribution >= 0.6 is 23.5 Å². The Morgan fingerprint density at radius 2 is 2.04 bits per heavy atom. The van der Waals surface area contributed by atoms with Crippen molar-refractivity contribution >= 4 is 46.7 Å². The van der Waals surface area contributed by atoms with Crippen LogP contribution in [0.25, 0.3) is 6.08 Å². The molecule has 1 fully saturated rings. The fourth-order valence-corrected chi connectivity index (χ4v) is 3.59. The van der Waals surface area contributed by atoms with Crippen molar-refractivity contribution in [2.75, 3.05) is 19.3 Å². The van der Waals surface area contributed by atoms with Gasteiger partial charge in [-0.05, 0) is 53.9 Å². The Balaban J connectivity index is 1.59. The minimum Gasteiger partial charge on any atom is -0.459 e. The molecule has 6 nitrogen and oxygen atoms in total. The number of thioether (sulfide) groups is 2. The molecule has 26 heavy (non-hydrogen) atoms. The lowest BCUT2D eigenvalue weighted by atomic mass is 10.2. The molecule has 0 saturated carbocycles. The van der Waals surface area contributed by atoms with Gasteiger partial charge in [0.1, 0.15) is 0 Å². The van der Waals surface area contributed by atoms with E-state index in [1.807, 2.05) is 30.5 Å². The average molecular weight is 388 g/mol. The van der Waals surface area contributed by atoms with Crippen molar-refractivity contribution in [1.29, 1.82) is 0 Å². The fourth-order valence-electron chi connectivity index (χ4n) is 2.32. The molecular formula is C18H16N2O4S2. The first-order chi connectivity index (χ1) is 12.6. The number of nitrogens with zero attached hydrogens (tertiary/aromatic N) is 1. The molecule has 1 aromatic carbocycles. The van der Waals surface area contributed by atoms with Gasteiger partial charge in [0.2, 0.25) is 0 Å². The number of rotatable bonds is 6. The van der Waals surface area contributed by atoms with Crippen molar-refractivity contribution in [1.82, 2.24) is 10.2 Å². The number of imide groups is 1. The maximum absolute atomic E-state index is 12.4. The third-order valence-corrected chi connectivity index (χ3v) is 5.30. The van der Waals surface area contributed by atoms with E-state index in [9.17, 15) is 14.4 Å². The highest BCUT2D eigenvalue weighted by Gasteiger charge is 2.34. The second kappa shape index (κ2) is 8.29. The van der Waals surface area contributed by atoms with Crippen molar-refractivity contribution in [3.8, 4) is 0 Å². The standard InChI is InChI=1S/C18H16N2O4S2/c1-25-13-6-4-12(5-7-13)11-15-17(22)20(18(23)26-15)9-8-19-16(21)14-3-2-10-24-14/h2-7,10-11H,8-9H2,1H3,(H,19,21)/b15-11+. The van der Waals surface area contributed by atoms with E-state index < -0.39 is 0 Å². The van der Waals surface area contributed by atoms with Crippen LogP contribution in [0.5, 0.6) is 0 Å². The van der Waals surface area contributed by atoms with Gasteiger partial charge < -0.3 is 9.73 Å². The van der Waals surface area contributed by atoms with Gasteiger partial charge in [-0.1, -0.05) is 12.1 Å². The summed E-state index contributed by atoms with van der Waals surface area (Å²) < 4.78 is 4.99. The maximum atomic E-state index is 12.4. The predicted molar refractivity (Wildman–Crippen MR) is 102 cm³/mol. The van der Waals surface area contributed by atoms with Crippen LogP contribution in [0, 0.1) is 0 Å². The van der Waals surface area contributed by atoms with Crippen molar-refractivity contribution in [2.45, 2.75) is 4.90 Å². The summed E-state index contributed by atoms with van der Waals surface area (Å²) >= 11 is 2.54. The number of hydrogen-bond donors (Lipinski definition) is 1. The Labute approximate surface area is 159 Å². The number of hydrogen-bond acceptors (Lipinski definition) is 6. The van der Waals surface area contributed by atoms with Gasteiger partial charge in [0.05, 0.1) is 11.2 Å². The molecule has 1 N–H and O–H groups in total. The Hall–Kier alpha value is -2.45. The van der Waals surface area contributed by atoms with Crippen LogP contribution in [-0.4, -0.2) is 41.3 Å². The zero-order valence-corrected chi connectivity index (χ0v) is 15.6. The number of furan rings is 1. The van der Waals surface area contributed by atoms with Crippen LogP contribution in [0.2, 0.25) is 0 Å². The average Bonchev–Trinajstić information content (AvgIpc) is 3.27. The lowest BCUT2D eigenvalue weighted by Gasteiger charge is -2.12. The summed E-state index contributed by atoms with van der Waals surface area (Å²) in [6.07, 6.45) is 5.10. The molecule has 0 aliphatic carbocycles. The molecule has 0 radical (unpaired) electrons. The van der Waals surface area contributed by atoms with E-state index in [4.69, 9.17) is 4.42 Å². The molecule has 1 aromatic heterocycles. The van der Waals surface area contributed by atoms with Gasteiger partial charge in [0, 0.05) is 18.0 Å². The van der Waals surface area contributed by atoms with Gasteiger partial charge in [-0.25, -0.2) is 0 Å². The molecule has 8 heteroatoms. The molecule has 0 bridgehead atoms. The van der Waals surface area contributed by atoms with Crippen molar-refractivity contribution < 1.29 is 18.8 Å². The van der Waals surface area contributed by atoms with Crippen LogP contribution < -0.4 is 5.32 Å². The number of nitrogens with one attached hydrogen (secondary N) is 1. The molecule has 0 spiro atoms. The summed E-state index contributed by atoms with van der Waals surface area (Å²) in [6.45, 7) is 0.271. The summed E-state index contributed by atoms with van der Waals surface area (Å²) in [5.41, 5.74) is 0.861. The molecule has 1 aliphatic heterocycles. The Morgan fingerprint density at radius 1 is 1.27 bits per heavy atom. The Bertz CT molecular complexity index is 845. The quantitative estimate of drug-likeness (QED) is 0.603. The van der Waals surface area contributed by atoms with Gasteiger partial charge in [-0.3, -0.25) is 19.3 Å². The first-order valence-corrected chi connectivity index (χ1v) is 9.84. The van der Waals surface area contributed by atoms with Gasteiger partial charge in [0.25, 0.3) is 17.1 Å². The fraction of sp³-hybridized carbons (Fsp3) is 0.167. The molecule has 1 aliphatic rings. The van der Waals surface area contributed by atoms with E-state index in [1.54, 1.807) is 30.0 Å². The van der Waals surface area contributed by atoms with Gasteiger partial charge >= 0.3 is 0 Å². The molecule has 3 rings (SSSR count). The molecule has 0 unspecified atom stereocenters. The number of benzene rings is 1. The second-order valence-corrected chi connectivity index (χ2v) is 7.21. The molecule has 134 valence electrons. The van der Waals surface area contributed by atoms with E-state index in [0.29, 0.717) is 4.91 Å². The zero-order chi connectivity index (χ0) is 18.5. The molecule has 2 heterocycles. The molecule has 3 amide bonds. The highest BCUT2D eigenvalue weighted by molar-refractivity contribution is 8.18. The highest BCUT2D eigenvalue weighted by Crippen LogP contribution is 2.32. The van der Waals surface area contributed by atoms with Gasteiger partial charge in [-0.2, -0.15) is 0 Å². The monoisotopic (exact) mass is 388 g/mol. The summed E-state index contributed by atoms with van der Waals surface area (Å²) in [4.78, 5) is 38.9. The normalized spacial score (nSPS) is 15.7. The molecular weight excluding hydrogens is 372 g/mol. The third-order valence-electron chi connectivity index (χ3n) is 3.65. The third kappa shape index (κ3) is 4.20. The SMILES string of the molecule is CSc1ccc(/C=C2/SC(=O)N(CCNC(=O)c3ccco3)C2=O)cc1. The molecule has 0 atom stereocenters. The van der Waals surface area contributed by atoms with E-state index in [2.05, 4.69) is 5.32 Å². The first-order valence-electron chi connectivity index (χ1n) is 7.79. The van der Waals surface area contributed by atoms with Crippen LogP contribution in [0.15, 0.2) is 56.9 Å². The van der Waals surface area contributed by atoms with Crippen molar-refractivity contribution in [3.63, 3.8) is 0 Å². The van der Waals surface area contributed by atoms with Gasteiger partial charge in [-0.15, -0.1) is 11.8 Å². The zero-order valence-electron chi connectivity index (χ0n) is 13.9. The summed E-state index contributed by atoms with van der Waals surface area (Å²) in [6, 6.07) is 10.9. The largest absolute Gasteiger partial charge is 0.459 e. The minimum atomic E-state index is -0.383. The van der Waals surface area contributed by atoms with Crippen LogP contribution in [0.3, 0.4) is 0 Å². The predicted octanol–water partition coefficient (Wildman–Crippen LogP) is 3.47. The first kappa shape index (κ1) is 18.3. The van der Waals surface area contributed by atoms with Crippen LogP contribution in [0.1, 0.15) is 16.1 Å². The van der Waals surface area contributed by atoms with Crippen molar-refractivity contribution in [2.24, 2.45) is 0 Å². The maximum Gasteiger partial charge on any atom is 0.293 e. The van der Waals surface area contributed by atoms with E-state index >= 15 is 0 Å². The summed E-state index contributed by atoms with van der Waals surface area (Å²) in [5, 5.41) is 2.28. The van der Waals surface area contributed by atoms with E-state index in [-0.39, 0.29) is 35.9 Å². The Kier molecular flexibility index (Phi) is 5.85. The molecule has 1 saturated heterocycles. The second-order valence-electron chi connectivity index (χ2n) is 5.34. The lowest BCUT2D eigenvalue weighted by Crippen LogP contribution is -2.37. The highest BCUT2D eigenvalue weighted by atomic mass is 32.2. The Morgan fingerprint density at radius 3 is 2.69 bits per heavy atom. The summed E-state index contributed by atoms with van der Waals surface area (Å²) in [7, 11) is 0. The topological polar surface area (TPSA) is 79.6 Å². The number of carbonyl (C=O) groups excluding carboxylic acids is 3. The van der Waals surface area contributed by atoms with Crippen LogP contribution in [0.4, 0.5) is 4.79 Å². The number of amides is 3.